The summed E-state index contributed by atoms with van der Waals surface area (Å²) in [5.41, 5.74) is 1.60. The van der Waals surface area contributed by atoms with Crippen LogP contribution in [-0.4, -0.2) is 62.0 Å². The molecule has 1 aromatic heterocycles. The molecule has 1 saturated heterocycles. The first kappa shape index (κ1) is 23.6. The lowest BCUT2D eigenvalue weighted by Crippen LogP contribution is -2.47. The van der Waals surface area contributed by atoms with E-state index in [9.17, 15) is 9.18 Å². The Kier molecular flexibility index (Phi) is 7.69. The lowest BCUT2D eigenvalue weighted by atomic mass is 10.2. The van der Waals surface area contributed by atoms with Gasteiger partial charge < -0.3 is 24.6 Å². The number of ether oxygens (including phenoxy) is 2. The minimum Gasteiger partial charge on any atom is -0.497 e. The second-order valence-corrected chi connectivity index (χ2v) is 8.54. The fraction of sp³-hybridized carbons (Fsp3) is 0.292. The molecule has 0 unspecified atom stereocenters. The van der Waals surface area contributed by atoms with E-state index in [-0.39, 0.29) is 17.5 Å². The first-order chi connectivity index (χ1) is 16.6. The van der Waals surface area contributed by atoms with Crippen LogP contribution in [0.25, 0.3) is 0 Å². The van der Waals surface area contributed by atoms with Crippen molar-refractivity contribution in [3.05, 3.63) is 60.7 Å². The highest BCUT2D eigenvalue weighted by molar-refractivity contribution is 8.00. The molecule has 10 heteroatoms. The van der Waals surface area contributed by atoms with Gasteiger partial charge in [0, 0.05) is 68.1 Å². The minimum atomic E-state index is -0.238. The van der Waals surface area contributed by atoms with E-state index in [4.69, 9.17) is 9.47 Å². The van der Waals surface area contributed by atoms with E-state index < -0.39 is 0 Å². The molecule has 1 aliphatic heterocycles. The number of piperazine rings is 1. The molecule has 178 valence electrons. The molecule has 2 aromatic carbocycles. The number of nitrogens with one attached hydrogen (secondary N) is 1. The third kappa shape index (κ3) is 5.88. The summed E-state index contributed by atoms with van der Waals surface area (Å²) in [5.74, 6) is 1.73. The van der Waals surface area contributed by atoms with Crippen molar-refractivity contribution in [3.63, 3.8) is 0 Å². The molecule has 1 N–H and O–H groups in total. The number of aromatic nitrogens is 2. The van der Waals surface area contributed by atoms with Crippen LogP contribution in [-0.2, 0) is 4.79 Å². The number of nitrogens with zero attached hydrogens (tertiary/aromatic N) is 4. The van der Waals surface area contributed by atoms with Crippen LogP contribution in [0.4, 0.5) is 21.6 Å². The Morgan fingerprint density at radius 1 is 0.971 bits per heavy atom. The van der Waals surface area contributed by atoms with Gasteiger partial charge in [0.15, 0.2) is 5.82 Å². The summed E-state index contributed by atoms with van der Waals surface area (Å²) in [6.07, 6.45) is 3.29. The largest absolute Gasteiger partial charge is 0.497 e. The van der Waals surface area contributed by atoms with Crippen molar-refractivity contribution in [1.29, 1.82) is 0 Å². The van der Waals surface area contributed by atoms with Gasteiger partial charge in [-0.1, -0.05) is 11.8 Å². The molecule has 3 aromatic rings. The van der Waals surface area contributed by atoms with Crippen molar-refractivity contribution in [2.75, 3.05) is 61.3 Å². The quantitative estimate of drug-likeness (QED) is 0.486. The van der Waals surface area contributed by atoms with Gasteiger partial charge in [0.05, 0.1) is 20.0 Å². The molecular weight excluding hydrogens is 457 g/mol. The number of methoxy groups -OCH3 is 2. The average Bonchev–Trinajstić information content (AvgIpc) is 2.88. The predicted molar refractivity (Wildman–Crippen MR) is 132 cm³/mol. The van der Waals surface area contributed by atoms with Gasteiger partial charge in [-0.05, 0) is 24.3 Å². The summed E-state index contributed by atoms with van der Waals surface area (Å²) in [6, 6.07) is 11.8. The first-order valence-electron chi connectivity index (χ1n) is 10.8. The maximum Gasteiger partial charge on any atom is 0.234 e. The highest BCUT2D eigenvalue weighted by Crippen LogP contribution is 2.29. The van der Waals surface area contributed by atoms with E-state index in [2.05, 4.69) is 25.1 Å². The molecule has 0 saturated carbocycles. The summed E-state index contributed by atoms with van der Waals surface area (Å²) in [5, 5.41) is 3.58. The topological polar surface area (TPSA) is 79.8 Å². The second kappa shape index (κ2) is 11.1. The fourth-order valence-corrected chi connectivity index (χ4v) is 4.46. The smallest absolute Gasteiger partial charge is 0.234 e. The van der Waals surface area contributed by atoms with Gasteiger partial charge in [0.25, 0.3) is 0 Å². The summed E-state index contributed by atoms with van der Waals surface area (Å²) >= 11 is 1.34. The van der Waals surface area contributed by atoms with Gasteiger partial charge in [-0.3, -0.25) is 4.79 Å². The number of rotatable bonds is 8. The van der Waals surface area contributed by atoms with E-state index in [1.807, 2.05) is 0 Å². The van der Waals surface area contributed by atoms with Crippen molar-refractivity contribution >= 4 is 34.9 Å². The molecule has 34 heavy (non-hydrogen) atoms. The minimum absolute atomic E-state index is 0.168. The lowest BCUT2D eigenvalue weighted by Gasteiger charge is -2.37. The Labute approximate surface area is 202 Å². The zero-order valence-corrected chi connectivity index (χ0v) is 19.8. The number of anilines is 3. The van der Waals surface area contributed by atoms with E-state index >= 15 is 0 Å². The Morgan fingerprint density at radius 3 is 2.24 bits per heavy atom. The van der Waals surface area contributed by atoms with Gasteiger partial charge >= 0.3 is 0 Å². The van der Waals surface area contributed by atoms with Crippen molar-refractivity contribution < 1.29 is 18.7 Å². The van der Waals surface area contributed by atoms with Crippen LogP contribution >= 0.6 is 11.8 Å². The van der Waals surface area contributed by atoms with Crippen LogP contribution in [0.2, 0.25) is 0 Å². The van der Waals surface area contributed by atoms with E-state index in [1.165, 1.54) is 23.9 Å². The van der Waals surface area contributed by atoms with Crippen LogP contribution in [0.3, 0.4) is 0 Å². The molecule has 0 radical (unpaired) electrons. The maximum atomic E-state index is 13.2. The van der Waals surface area contributed by atoms with Gasteiger partial charge in [-0.15, -0.1) is 0 Å². The highest BCUT2D eigenvalue weighted by atomic mass is 32.2. The molecule has 4 rings (SSSR count). The number of benzene rings is 2. The third-order valence-electron chi connectivity index (χ3n) is 5.39. The van der Waals surface area contributed by atoms with Crippen molar-refractivity contribution in [1.82, 2.24) is 9.97 Å². The Bertz CT molecular complexity index is 1100. The number of amides is 1. The van der Waals surface area contributed by atoms with Crippen LogP contribution in [0.5, 0.6) is 11.5 Å². The molecule has 2 heterocycles. The van der Waals surface area contributed by atoms with E-state index in [0.29, 0.717) is 22.2 Å². The highest BCUT2D eigenvalue weighted by Gasteiger charge is 2.22. The molecule has 1 amide bonds. The van der Waals surface area contributed by atoms with E-state index in [0.717, 1.165) is 37.7 Å². The van der Waals surface area contributed by atoms with Gasteiger partial charge in [0.2, 0.25) is 5.91 Å². The summed E-state index contributed by atoms with van der Waals surface area (Å²) in [6.45, 7) is 3.06. The monoisotopic (exact) mass is 483 g/mol. The number of hydrogen-bond donors (Lipinski definition) is 1. The van der Waals surface area contributed by atoms with Crippen LogP contribution < -0.4 is 24.6 Å². The fourth-order valence-electron chi connectivity index (χ4n) is 3.68. The number of carbonyl (C=O) groups excluding carboxylic acids is 1. The molecule has 0 bridgehead atoms. The Balaban J connectivity index is 1.36. The maximum absolute atomic E-state index is 13.2. The van der Waals surface area contributed by atoms with Gasteiger partial charge in [0.1, 0.15) is 22.3 Å². The standard InChI is InChI=1S/C24H26FN5O3S/c1-32-20-13-18(14-21(15-20)33-2)28-22(31)16-34-24-23(26-7-8-27-24)30-11-9-29(10-12-30)19-5-3-17(25)4-6-19/h3-8,13-15H,9-12,16H2,1-2H3,(H,28,31). The van der Waals surface area contributed by atoms with Crippen molar-refractivity contribution in [2.24, 2.45) is 0 Å². The van der Waals surface area contributed by atoms with Crippen molar-refractivity contribution in [3.8, 4) is 11.5 Å². The molecule has 1 aliphatic rings. The molecule has 0 spiro atoms. The Morgan fingerprint density at radius 2 is 1.59 bits per heavy atom. The summed E-state index contributed by atoms with van der Waals surface area (Å²) < 4.78 is 23.7. The van der Waals surface area contributed by atoms with Gasteiger partial charge in [-0.25, -0.2) is 14.4 Å². The molecule has 0 atom stereocenters. The summed E-state index contributed by atoms with van der Waals surface area (Å²) in [7, 11) is 3.12. The van der Waals surface area contributed by atoms with Gasteiger partial charge in [-0.2, -0.15) is 0 Å². The zero-order valence-electron chi connectivity index (χ0n) is 19.0. The average molecular weight is 484 g/mol. The van der Waals surface area contributed by atoms with Crippen LogP contribution in [0.15, 0.2) is 59.9 Å². The zero-order chi connectivity index (χ0) is 23.9. The summed E-state index contributed by atoms with van der Waals surface area (Å²) in [4.78, 5) is 26.0. The number of hydrogen-bond acceptors (Lipinski definition) is 8. The van der Waals surface area contributed by atoms with Crippen molar-refractivity contribution in [2.45, 2.75) is 5.03 Å². The van der Waals surface area contributed by atoms with Crippen LogP contribution in [0, 0.1) is 5.82 Å². The normalized spacial score (nSPS) is 13.5. The molecule has 0 aliphatic carbocycles. The predicted octanol–water partition coefficient (Wildman–Crippen LogP) is 3.69. The molecule has 8 nitrogen and oxygen atoms in total. The number of thioether (sulfide) groups is 1. The SMILES string of the molecule is COc1cc(NC(=O)CSc2nccnc2N2CCN(c3ccc(F)cc3)CC2)cc(OC)c1. The third-order valence-corrected chi connectivity index (χ3v) is 6.36. The molecule has 1 fully saturated rings. The number of halogens is 1. The lowest BCUT2D eigenvalue weighted by molar-refractivity contribution is -0.113. The number of carbonyl (C=O) groups is 1. The first-order valence-corrected chi connectivity index (χ1v) is 11.8. The molecular formula is C24H26FN5O3S. The van der Waals surface area contributed by atoms with E-state index in [1.54, 1.807) is 56.9 Å². The van der Waals surface area contributed by atoms with Crippen LogP contribution in [0.1, 0.15) is 0 Å². The Hall–Kier alpha value is -3.53. The second-order valence-electron chi connectivity index (χ2n) is 7.57.